The molecule has 4 aromatic rings. The summed E-state index contributed by atoms with van der Waals surface area (Å²) in [7, 11) is 0. The number of halogens is 2. The van der Waals surface area contributed by atoms with Gasteiger partial charge in [-0.3, -0.25) is 0 Å². The lowest BCUT2D eigenvalue weighted by atomic mass is 10.1. The molecule has 4 rings (SSSR count). The fourth-order valence-corrected chi connectivity index (χ4v) is 3.90. The molecule has 0 bridgehead atoms. The molecule has 136 valence electrons. The molecule has 1 aromatic heterocycles. The van der Waals surface area contributed by atoms with Crippen LogP contribution < -0.4 is 5.32 Å². The van der Waals surface area contributed by atoms with Crippen LogP contribution in [0.2, 0.25) is 0 Å². The molecule has 0 aliphatic heterocycles. The molecule has 0 spiro atoms. The maximum atomic E-state index is 14.1. The van der Waals surface area contributed by atoms with E-state index in [1.165, 1.54) is 22.6 Å². The average molecular weight is 423 g/mol. The van der Waals surface area contributed by atoms with Crippen molar-refractivity contribution in [1.29, 1.82) is 0 Å². The molecule has 1 heterocycles. The number of hydrogen-bond donors (Lipinski definition) is 1. The number of benzene rings is 3. The molecule has 0 fully saturated rings. The van der Waals surface area contributed by atoms with Crippen LogP contribution in [0.15, 0.2) is 77.4 Å². The maximum absolute atomic E-state index is 14.1. The zero-order valence-electron chi connectivity index (χ0n) is 15.0. The van der Waals surface area contributed by atoms with Crippen LogP contribution in [0.5, 0.6) is 0 Å². The molecule has 0 saturated carbocycles. The summed E-state index contributed by atoms with van der Waals surface area (Å²) < 4.78 is 17.3. The molecular formula is C23H20BrFN2. The van der Waals surface area contributed by atoms with Crippen LogP contribution in [0.1, 0.15) is 16.7 Å². The number of nitrogens with zero attached hydrogens (tertiary/aromatic N) is 1. The number of hydrogen-bond acceptors (Lipinski definition) is 1. The Kier molecular flexibility index (Phi) is 4.99. The SMILES string of the molecule is Cc1cc(Br)ccc1NCc1cn(Cc2ccccc2F)c2ccccc12. The molecular weight excluding hydrogens is 403 g/mol. The van der Waals surface area contributed by atoms with Gasteiger partial charge in [0.1, 0.15) is 5.82 Å². The number of fused-ring (bicyclic) bond motifs is 1. The van der Waals surface area contributed by atoms with E-state index in [1.54, 1.807) is 6.07 Å². The second kappa shape index (κ2) is 7.57. The lowest BCUT2D eigenvalue weighted by molar-refractivity contribution is 0.602. The highest BCUT2D eigenvalue weighted by atomic mass is 79.9. The van der Waals surface area contributed by atoms with E-state index in [9.17, 15) is 4.39 Å². The van der Waals surface area contributed by atoms with Gasteiger partial charge in [-0.15, -0.1) is 0 Å². The quantitative estimate of drug-likeness (QED) is 0.387. The third kappa shape index (κ3) is 3.76. The van der Waals surface area contributed by atoms with E-state index in [0.717, 1.165) is 15.7 Å². The zero-order valence-corrected chi connectivity index (χ0v) is 16.6. The van der Waals surface area contributed by atoms with E-state index >= 15 is 0 Å². The van der Waals surface area contributed by atoms with Crippen LogP contribution in [0.4, 0.5) is 10.1 Å². The lowest BCUT2D eigenvalue weighted by Crippen LogP contribution is -2.02. The highest BCUT2D eigenvalue weighted by Gasteiger charge is 2.10. The predicted octanol–water partition coefficient (Wildman–Crippen LogP) is 6.51. The van der Waals surface area contributed by atoms with Gasteiger partial charge in [-0.2, -0.15) is 0 Å². The van der Waals surface area contributed by atoms with Crippen molar-refractivity contribution < 1.29 is 4.39 Å². The van der Waals surface area contributed by atoms with Crippen LogP contribution in [0.3, 0.4) is 0 Å². The highest BCUT2D eigenvalue weighted by molar-refractivity contribution is 9.10. The van der Waals surface area contributed by atoms with Crippen molar-refractivity contribution in [2.75, 3.05) is 5.32 Å². The minimum Gasteiger partial charge on any atom is -0.381 e. The Morgan fingerprint density at radius 1 is 0.963 bits per heavy atom. The Morgan fingerprint density at radius 3 is 2.56 bits per heavy atom. The van der Waals surface area contributed by atoms with E-state index < -0.39 is 0 Å². The van der Waals surface area contributed by atoms with Crippen LogP contribution >= 0.6 is 15.9 Å². The molecule has 0 aliphatic carbocycles. The van der Waals surface area contributed by atoms with Gasteiger partial charge in [0.25, 0.3) is 0 Å². The van der Waals surface area contributed by atoms with Crippen LogP contribution in [-0.2, 0) is 13.1 Å². The monoisotopic (exact) mass is 422 g/mol. The first-order valence-corrected chi connectivity index (χ1v) is 9.71. The third-order valence-electron chi connectivity index (χ3n) is 4.83. The molecule has 0 unspecified atom stereocenters. The normalized spacial score (nSPS) is 11.1. The Balaban J connectivity index is 1.64. The minimum absolute atomic E-state index is 0.166. The first-order chi connectivity index (χ1) is 13.1. The summed E-state index contributed by atoms with van der Waals surface area (Å²) in [5.74, 6) is -0.166. The molecule has 2 nitrogen and oxygen atoms in total. The van der Waals surface area contributed by atoms with E-state index in [2.05, 4.69) is 63.2 Å². The van der Waals surface area contributed by atoms with E-state index in [1.807, 2.05) is 30.3 Å². The van der Waals surface area contributed by atoms with Gasteiger partial charge in [0, 0.05) is 39.4 Å². The Bertz CT molecular complexity index is 1100. The van der Waals surface area contributed by atoms with E-state index in [4.69, 9.17) is 0 Å². The van der Waals surface area contributed by atoms with Gasteiger partial charge in [-0.05, 0) is 48.4 Å². The van der Waals surface area contributed by atoms with Crippen LogP contribution in [0, 0.1) is 12.7 Å². The summed E-state index contributed by atoms with van der Waals surface area (Å²) >= 11 is 3.50. The number of rotatable bonds is 5. The second-order valence-corrected chi connectivity index (χ2v) is 7.62. The molecule has 0 aliphatic rings. The number of nitrogens with one attached hydrogen (secondary N) is 1. The molecule has 0 atom stereocenters. The highest BCUT2D eigenvalue weighted by Crippen LogP contribution is 2.25. The summed E-state index contributed by atoms with van der Waals surface area (Å²) in [6.45, 7) is 3.33. The zero-order chi connectivity index (χ0) is 18.8. The van der Waals surface area contributed by atoms with Gasteiger partial charge in [0.15, 0.2) is 0 Å². The largest absolute Gasteiger partial charge is 0.381 e. The fourth-order valence-electron chi connectivity index (χ4n) is 3.42. The molecule has 0 amide bonds. The fraction of sp³-hybridized carbons (Fsp3) is 0.130. The Morgan fingerprint density at radius 2 is 1.74 bits per heavy atom. The first kappa shape index (κ1) is 17.8. The topological polar surface area (TPSA) is 17.0 Å². The minimum atomic E-state index is -0.166. The number of anilines is 1. The summed E-state index contributed by atoms with van der Waals surface area (Å²) in [6.07, 6.45) is 2.12. The van der Waals surface area contributed by atoms with Gasteiger partial charge in [0.2, 0.25) is 0 Å². The summed E-state index contributed by atoms with van der Waals surface area (Å²) in [6, 6.07) is 21.5. The molecule has 0 saturated heterocycles. The van der Waals surface area contributed by atoms with Crippen LogP contribution in [-0.4, -0.2) is 4.57 Å². The van der Waals surface area contributed by atoms with Crippen molar-refractivity contribution in [3.63, 3.8) is 0 Å². The second-order valence-electron chi connectivity index (χ2n) is 6.70. The van der Waals surface area contributed by atoms with Gasteiger partial charge in [-0.1, -0.05) is 52.3 Å². The van der Waals surface area contributed by atoms with Crippen LogP contribution in [0.25, 0.3) is 10.9 Å². The van der Waals surface area contributed by atoms with Crippen molar-refractivity contribution in [1.82, 2.24) is 4.57 Å². The molecule has 3 aromatic carbocycles. The summed E-state index contributed by atoms with van der Waals surface area (Å²) in [5, 5.41) is 4.72. The standard InChI is InChI=1S/C23H20BrFN2/c1-16-12-19(24)10-11-22(16)26-13-18-15-27(23-9-5-3-7-20(18)23)14-17-6-2-4-8-21(17)25/h2-12,15,26H,13-14H2,1H3. The molecule has 4 heteroatoms. The first-order valence-electron chi connectivity index (χ1n) is 8.92. The van der Waals surface area contributed by atoms with Gasteiger partial charge < -0.3 is 9.88 Å². The van der Waals surface area contributed by atoms with Crippen molar-refractivity contribution in [2.45, 2.75) is 20.0 Å². The van der Waals surface area contributed by atoms with E-state index in [0.29, 0.717) is 18.7 Å². The van der Waals surface area contributed by atoms with Crippen molar-refractivity contribution in [2.24, 2.45) is 0 Å². The Labute approximate surface area is 166 Å². The van der Waals surface area contributed by atoms with Gasteiger partial charge in [0.05, 0.1) is 6.54 Å². The predicted molar refractivity (Wildman–Crippen MR) is 114 cm³/mol. The average Bonchev–Trinajstić information content (AvgIpc) is 3.01. The molecule has 0 radical (unpaired) electrons. The smallest absolute Gasteiger partial charge is 0.128 e. The summed E-state index contributed by atoms with van der Waals surface area (Å²) in [4.78, 5) is 0. The van der Waals surface area contributed by atoms with Gasteiger partial charge in [-0.25, -0.2) is 4.39 Å². The number of para-hydroxylation sites is 1. The maximum Gasteiger partial charge on any atom is 0.128 e. The molecule has 1 N–H and O–H groups in total. The van der Waals surface area contributed by atoms with Gasteiger partial charge >= 0.3 is 0 Å². The molecule has 27 heavy (non-hydrogen) atoms. The lowest BCUT2D eigenvalue weighted by Gasteiger charge is -2.09. The summed E-state index contributed by atoms with van der Waals surface area (Å²) in [5.41, 5.74) is 5.32. The third-order valence-corrected chi connectivity index (χ3v) is 5.32. The Hall–Kier alpha value is -2.59. The van der Waals surface area contributed by atoms with Crippen molar-refractivity contribution >= 4 is 32.5 Å². The number of aromatic nitrogens is 1. The van der Waals surface area contributed by atoms with Crippen molar-refractivity contribution in [3.05, 3.63) is 99.9 Å². The van der Waals surface area contributed by atoms with E-state index in [-0.39, 0.29) is 5.82 Å². The van der Waals surface area contributed by atoms with Crippen molar-refractivity contribution in [3.8, 4) is 0 Å². The number of aryl methyl sites for hydroxylation is 1.